The van der Waals surface area contributed by atoms with Gasteiger partial charge >= 0.3 is 0 Å². The molecule has 1 amide bonds. The van der Waals surface area contributed by atoms with Gasteiger partial charge in [0.05, 0.1) is 4.90 Å². The molecule has 2 rings (SSSR count). The molecule has 0 bridgehead atoms. The van der Waals surface area contributed by atoms with Crippen LogP contribution in [0.25, 0.3) is 0 Å². The van der Waals surface area contributed by atoms with Crippen molar-refractivity contribution in [2.75, 3.05) is 6.54 Å². The van der Waals surface area contributed by atoms with E-state index in [0.717, 1.165) is 11.1 Å². The van der Waals surface area contributed by atoms with E-state index in [9.17, 15) is 13.2 Å². The number of rotatable bonds is 9. The summed E-state index contributed by atoms with van der Waals surface area (Å²) in [6.45, 7) is 8.45. The van der Waals surface area contributed by atoms with Gasteiger partial charge in [-0.15, -0.1) is 0 Å². The Morgan fingerprint density at radius 1 is 1.00 bits per heavy atom. The molecule has 2 aromatic rings. The number of carbonyl (C=O) groups is 1. The lowest BCUT2D eigenvalue weighted by Crippen LogP contribution is -2.38. The van der Waals surface area contributed by atoms with Gasteiger partial charge in [-0.05, 0) is 49.6 Å². The van der Waals surface area contributed by atoms with Gasteiger partial charge in [0.25, 0.3) is 5.91 Å². The van der Waals surface area contributed by atoms with Gasteiger partial charge in [0.1, 0.15) is 5.75 Å². The molecule has 0 aliphatic rings. The van der Waals surface area contributed by atoms with E-state index in [2.05, 4.69) is 10.0 Å². The second kappa shape index (κ2) is 9.71. The molecule has 1 atom stereocenters. The Morgan fingerprint density at radius 3 is 2.18 bits per heavy atom. The smallest absolute Gasteiger partial charge is 0.260 e. The highest BCUT2D eigenvalue weighted by molar-refractivity contribution is 7.89. The summed E-state index contributed by atoms with van der Waals surface area (Å²) in [6.07, 6.45) is -0.666. The number of nitrogens with one attached hydrogen (secondary N) is 2. The Hall–Kier alpha value is -2.38. The van der Waals surface area contributed by atoms with E-state index in [0.29, 0.717) is 18.2 Å². The number of amides is 1. The fourth-order valence-corrected chi connectivity index (χ4v) is 3.39. The van der Waals surface area contributed by atoms with Crippen molar-refractivity contribution in [2.45, 2.75) is 45.2 Å². The summed E-state index contributed by atoms with van der Waals surface area (Å²) in [5.41, 5.74) is 2.00. The van der Waals surface area contributed by atoms with Gasteiger partial charge in [-0.3, -0.25) is 4.79 Å². The molecule has 0 spiro atoms. The molecule has 2 N–H and O–H groups in total. The van der Waals surface area contributed by atoms with Gasteiger partial charge in [0, 0.05) is 13.1 Å². The molecule has 28 heavy (non-hydrogen) atoms. The quantitative estimate of drug-likeness (QED) is 0.673. The van der Waals surface area contributed by atoms with E-state index in [-0.39, 0.29) is 17.3 Å². The molecule has 7 heteroatoms. The van der Waals surface area contributed by atoms with Crippen molar-refractivity contribution in [1.29, 1.82) is 0 Å². The number of aryl methyl sites for hydroxylation is 1. The predicted molar refractivity (Wildman–Crippen MR) is 110 cm³/mol. The summed E-state index contributed by atoms with van der Waals surface area (Å²) >= 11 is 0. The molecule has 0 aliphatic heterocycles. The minimum absolute atomic E-state index is 0.142. The summed E-state index contributed by atoms with van der Waals surface area (Å²) in [4.78, 5) is 12.1. The van der Waals surface area contributed by atoms with Crippen molar-refractivity contribution in [3.05, 3.63) is 59.7 Å². The third-order valence-corrected chi connectivity index (χ3v) is 5.50. The zero-order valence-electron chi connectivity index (χ0n) is 16.7. The van der Waals surface area contributed by atoms with Gasteiger partial charge in [-0.25, -0.2) is 13.1 Å². The Bertz CT molecular complexity index is 876. The topological polar surface area (TPSA) is 84.5 Å². The first kappa shape index (κ1) is 21.9. The van der Waals surface area contributed by atoms with Crippen LogP contribution in [-0.2, 0) is 21.4 Å². The monoisotopic (exact) mass is 404 g/mol. The second-order valence-electron chi connectivity index (χ2n) is 7.18. The van der Waals surface area contributed by atoms with Crippen LogP contribution in [0, 0.1) is 12.8 Å². The van der Waals surface area contributed by atoms with E-state index in [1.54, 1.807) is 19.1 Å². The maximum atomic E-state index is 12.4. The summed E-state index contributed by atoms with van der Waals surface area (Å²) in [6, 6.07) is 13.7. The van der Waals surface area contributed by atoms with Crippen LogP contribution in [-0.4, -0.2) is 27.0 Å². The number of sulfonamides is 1. The van der Waals surface area contributed by atoms with Gasteiger partial charge in [-0.2, -0.15) is 0 Å². The molecule has 2 aromatic carbocycles. The maximum Gasteiger partial charge on any atom is 0.260 e. The Balaban J connectivity index is 1.94. The highest BCUT2D eigenvalue weighted by Gasteiger charge is 2.17. The Labute approximate surface area is 167 Å². The average molecular weight is 405 g/mol. The average Bonchev–Trinajstić information content (AvgIpc) is 2.66. The number of ether oxygens (including phenoxy) is 1. The second-order valence-corrected chi connectivity index (χ2v) is 8.95. The lowest BCUT2D eigenvalue weighted by molar-refractivity contribution is -0.127. The summed E-state index contributed by atoms with van der Waals surface area (Å²) in [5.74, 6) is 0.586. The summed E-state index contributed by atoms with van der Waals surface area (Å²) in [5, 5.41) is 2.80. The van der Waals surface area contributed by atoms with Crippen LogP contribution in [0.15, 0.2) is 53.4 Å². The fourth-order valence-electron chi connectivity index (χ4n) is 2.37. The van der Waals surface area contributed by atoms with E-state index in [1.165, 1.54) is 12.1 Å². The van der Waals surface area contributed by atoms with E-state index < -0.39 is 16.1 Å². The maximum absolute atomic E-state index is 12.4. The molecule has 0 radical (unpaired) electrons. The largest absolute Gasteiger partial charge is 0.481 e. The van der Waals surface area contributed by atoms with Crippen molar-refractivity contribution in [3.63, 3.8) is 0 Å². The van der Waals surface area contributed by atoms with Gasteiger partial charge in [-0.1, -0.05) is 43.7 Å². The fraction of sp³-hybridized carbons (Fsp3) is 0.381. The third-order valence-electron chi connectivity index (χ3n) is 4.09. The third kappa shape index (κ3) is 6.65. The number of benzene rings is 2. The molecular formula is C21H28N2O4S. The standard InChI is InChI=1S/C21H28N2O4S/c1-15(2)13-22-21(24)17(4)27-19-9-11-20(12-10-19)28(25,26)23-14-18-7-5-16(3)6-8-18/h5-12,15,17,23H,13-14H2,1-4H3,(H,22,24)/t17-/m1/s1. The van der Waals surface area contributed by atoms with Crippen molar-refractivity contribution < 1.29 is 17.9 Å². The lowest BCUT2D eigenvalue weighted by Gasteiger charge is -2.16. The lowest BCUT2D eigenvalue weighted by atomic mass is 10.2. The molecule has 0 aliphatic carbocycles. The van der Waals surface area contributed by atoms with Crippen LogP contribution in [0.4, 0.5) is 0 Å². The molecular weight excluding hydrogens is 376 g/mol. The molecule has 0 unspecified atom stereocenters. The van der Waals surface area contributed by atoms with E-state index in [1.807, 2.05) is 45.0 Å². The first-order chi connectivity index (χ1) is 13.2. The minimum atomic E-state index is -3.63. The van der Waals surface area contributed by atoms with Crippen molar-refractivity contribution in [1.82, 2.24) is 10.0 Å². The number of hydrogen-bond acceptors (Lipinski definition) is 4. The molecule has 0 fully saturated rings. The van der Waals surface area contributed by atoms with Crippen molar-refractivity contribution >= 4 is 15.9 Å². The predicted octanol–water partition coefficient (Wildman–Crippen LogP) is 3.01. The van der Waals surface area contributed by atoms with Crippen LogP contribution in [0.5, 0.6) is 5.75 Å². The van der Waals surface area contributed by atoms with Gasteiger partial charge in [0.2, 0.25) is 10.0 Å². The SMILES string of the molecule is Cc1ccc(CNS(=O)(=O)c2ccc(O[C@H](C)C(=O)NCC(C)C)cc2)cc1. The zero-order valence-corrected chi connectivity index (χ0v) is 17.5. The Kier molecular flexibility index (Phi) is 7.60. The molecule has 0 saturated heterocycles. The van der Waals surface area contributed by atoms with Crippen molar-refractivity contribution in [3.8, 4) is 5.75 Å². The highest BCUT2D eigenvalue weighted by atomic mass is 32.2. The van der Waals surface area contributed by atoms with Crippen molar-refractivity contribution in [2.24, 2.45) is 5.92 Å². The van der Waals surface area contributed by atoms with Crippen LogP contribution < -0.4 is 14.8 Å². The molecule has 6 nitrogen and oxygen atoms in total. The summed E-state index contributed by atoms with van der Waals surface area (Å²) < 4.78 is 33.1. The van der Waals surface area contributed by atoms with Crippen LogP contribution >= 0.6 is 0 Å². The van der Waals surface area contributed by atoms with E-state index in [4.69, 9.17) is 4.74 Å². The Morgan fingerprint density at radius 2 is 1.61 bits per heavy atom. The first-order valence-electron chi connectivity index (χ1n) is 9.27. The molecule has 152 valence electrons. The first-order valence-corrected chi connectivity index (χ1v) is 10.8. The van der Waals surface area contributed by atoms with Gasteiger partial charge < -0.3 is 10.1 Å². The van der Waals surface area contributed by atoms with Crippen LogP contribution in [0.3, 0.4) is 0 Å². The zero-order chi connectivity index (χ0) is 20.7. The summed E-state index contributed by atoms with van der Waals surface area (Å²) in [7, 11) is -3.63. The van der Waals surface area contributed by atoms with Crippen LogP contribution in [0.2, 0.25) is 0 Å². The molecule has 0 heterocycles. The number of hydrogen-bond donors (Lipinski definition) is 2. The highest BCUT2D eigenvalue weighted by Crippen LogP contribution is 2.17. The van der Waals surface area contributed by atoms with Crippen LogP contribution in [0.1, 0.15) is 31.9 Å². The number of carbonyl (C=O) groups excluding carboxylic acids is 1. The van der Waals surface area contributed by atoms with E-state index >= 15 is 0 Å². The molecule has 0 saturated carbocycles. The normalized spacial score (nSPS) is 12.6. The molecule has 0 aromatic heterocycles. The minimum Gasteiger partial charge on any atom is -0.481 e. The van der Waals surface area contributed by atoms with Gasteiger partial charge in [0.15, 0.2) is 6.10 Å².